The molecule has 7 nitrogen and oxygen atoms in total. The molecule has 0 spiro atoms. The molecule has 3 aromatic rings. The highest BCUT2D eigenvalue weighted by Gasteiger charge is 2.27. The van der Waals surface area contributed by atoms with Crippen molar-refractivity contribution < 1.29 is 4.79 Å². The van der Waals surface area contributed by atoms with E-state index in [4.69, 9.17) is 0 Å². The van der Waals surface area contributed by atoms with E-state index >= 15 is 0 Å². The van der Waals surface area contributed by atoms with E-state index < -0.39 is 17.3 Å². The van der Waals surface area contributed by atoms with Crippen molar-refractivity contribution in [3.8, 4) is 0 Å². The molecule has 0 amide bonds. The first kappa shape index (κ1) is 17.3. The predicted molar refractivity (Wildman–Crippen MR) is 104 cm³/mol. The van der Waals surface area contributed by atoms with Gasteiger partial charge < -0.3 is 4.98 Å². The molecule has 8 heteroatoms. The fourth-order valence-electron chi connectivity index (χ4n) is 3.16. The van der Waals surface area contributed by atoms with Crippen molar-refractivity contribution >= 4 is 34.2 Å². The van der Waals surface area contributed by atoms with Gasteiger partial charge in [0.2, 0.25) is 0 Å². The van der Waals surface area contributed by atoms with Gasteiger partial charge in [0.25, 0.3) is 5.56 Å². The molecule has 1 N–H and O–H groups in total. The molecule has 0 radical (unpaired) electrons. The van der Waals surface area contributed by atoms with Crippen molar-refractivity contribution in [3.05, 3.63) is 73.5 Å². The van der Waals surface area contributed by atoms with Crippen LogP contribution in [0.5, 0.6) is 0 Å². The van der Waals surface area contributed by atoms with Crippen LogP contribution < -0.4 is 11.2 Å². The van der Waals surface area contributed by atoms with Gasteiger partial charge in [-0.05, 0) is 12.1 Å². The molecule has 0 saturated heterocycles. The Morgan fingerprint density at radius 1 is 1.30 bits per heavy atom. The summed E-state index contributed by atoms with van der Waals surface area (Å²) in [6, 6.07) is 5.84. The smallest absolute Gasteiger partial charge is 0.307 e. The third-order valence-electron chi connectivity index (χ3n) is 4.45. The Hall–Kier alpha value is -3.13. The molecular weight excluding hydrogens is 364 g/mol. The van der Waals surface area contributed by atoms with Crippen molar-refractivity contribution in [1.29, 1.82) is 0 Å². The minimum Gasteiger partial charge on any atom is -0.307 e. The van der Waals surface area contributed by atoms with E-state index in [1.807, 2.05) is 6.08 Å². The number of thiazole rings is 1. The average molecular weight is 380 g/mol. The van der Waals surface area contributed by atoms with Crippen molar-refractivity contribution in [2.75, 3.05) is 0 Å². The maximum absolute atomic E-state index is 13.0. The number of rotatable bonds is 6. The van der Waals surface area contributed by atoms with Gasteiger partial charge in [0.05, 0.1) is 22.3 Å². The molecule has 136 valence electrons. The zero-order chi connectivity index (χ0) is 18.8. The molecule has 3 heterocycles. The molecule has 0 bridgehead atoms. The number of benzene rings is 1. The van der Waals surface area contributed by atoms with Crippen molar-refractivity contribution in [2.24, 2.45) is 4.99 Å². The minimum atomic E-state index is -0.934. The fraction of sp³-hybridized carbons (Fsp3) is 0.211. The molecule has 1 unspecified atom stereocenters. The number of H-pyrrole nitrogens is 1. The van der Waals surface area contributed by atoms with Crippen LogP contribution in [0.3, 0.4) is 0 Å². The standard InChI is InChI=1S/C19H16N4O3S/c24-16(11-17-21-8-9-27-17)15(10-12-4-3-7-20-12)23-18(25)13-5-1-2-6-14(13)22-19(23)26/h1-2,4-9,15H,3,10-11H2,(H,22,26). The number of allylic oxidation sites excluding steroid dienone is 2. The zero-order valence-electron chi connectivity index (χ0n) is 14.3. The van der Waals surface area contributed by atoms with Gasteiger partial charge in [0.15, 0.2) is 5.78 Å². The summed E-state index contributed by atoms with van der Waals surface area (Å²) in [6.07, 6.45) is 6.21. The number of para-hydroxylation sites is 1. The molecule has 0 saturated carbocycles. The maximum Gasteiger partial charge on any atom is 0.329 e. The van der Waals surface area contributed by atoms with Crippen molar-refractivity contribution in [2.45, 2.75) is 25.3 Å². The van der Waals surface area contributed by atoms with E-state index in [0.29, 0.717) is 28.0 Å². The Morgan fingerprint density at radius 3 is 2.89 bits per heavy atom. The van der Waals surface area contributed by atoms with Gasteiger partial charge in [-0.1, -0.05) is 18.2 Å². The van der Waals surface area contributed by atoms with Crippen LogP contribution in [0.25, 0.3) is 10.9 Å². The first-order valence-electron chi connectivity index (χ1n) is 8.49. The fourth-order valence-corrected chi connectivity index (χ4v) is 3.79. The van der Waals surface area contributed by atoms with Crippen LogP contribution in [0.1, 0.15) is 23.9 Å². The SMILES string of the molecule is O=C(Cc1nccs1)C(CC1=CCC=N1)n1c(=O)[nH]c2ccccc2c1=O. The van der Waals surface area contributed by atoms with E-state index in [0.717, 1.165) is 4.57 Å². The summed E-state index contributed by atoms with van der Waals surface area (Å²) in [6.45, 7) is 0. The first-order valence-corrected chi connectivity index (χ1v) is 9.37. The van der Waals surface area contributed by atoms with Gasteiger partial charge in [-0.2, -0.15) is 0 Å². The van der Waals surface area contributed by atoms with Crippen molar-refractivity contribution in [3.63, 3.8) is 0 Å². The summed E-state index contributed by atoms with van der Waals surface area (Å²) in [5.74, 6) is -0.240. The summed E-state index contributed by atoms with van der Waals surface area (Å²) in [5, 5.41) is 2.81. The van der Waals surface area contributed by atoms with Crippen LogP contribution in [0.2, 0.25) is 0 Å². The number of aliphatic imine (C=N–C) groups is 1. The van der Waals surface area contributed by atoms with Crippen LogP contribution in [-0.2, 0) is 11.2 Å². The molecule has 4 rings (SSSR count). The molecule has 2 aromatic heterocycles. The third kappa shape index (κ3) is 3.43. The monoisotopic (exact) mass is 380 g/mol. The number of ketones is 1. The van der Waals surface area contributed by atoms with Gasteiger partial charge in [0, 0.05) is 36.3 Å². The van der Waals surface area contributed by atoms with Gasteiger partial charge in [-0.15, -0.1) is 11.3 Å². The number of aromatic amines is 1. The van der Waals surface area contributed by atoms with E-state index in [1.54, 1.807) is 42.1 Å². The largest absolute Gasteiger partial charge is 0.329 e. The molecule has 1 aliphatic rings. The lowest BCUT2D eigenvalue weighted by atomic mass is 10.0. The number of aromatic nitrogens is 3. The van der Waals surface area contributed by atoms with Gasteiger partial charge >= 0.3 is 5.69 Å². The average Bonchev–Trinajstić information content (AvgIpc) is 3.35. The highest BCUT2D eigenvalue weighted by Crippen LogP contribution is 2.22. The minimum absolute atomic E-state index is 0.0675. The van der Waals surface area contributed by atoms with E-state index in [2.05, 4.69) is 15.0 Å². The molecule has 1 atom stereocenters. The van der Waals surface area contributed by atoms with Gasteiger partial charge in [-0.25, -0.2) is 14.3 Å². The Kier molecular flexibility index (Phi) is 4.64. The van der Waals surface area contributed by atoms with Gasteiger partial charge in [-0.3, -0.25) is 14.6 Å². The second-order valence-electron chi connectivity index (χ2n) is 6.18. The predicted octanol–water partition coefficient (Wildman–Crippen LogP) is 2.25. The van der Waals surface area contributed by atoms with E-state index in [-0.39, 0.29) is 18.6 Å². The van der Waals surface area contributed by atoms with Crippen molar-refractivity contribution in [1.82, 2.24) is 14.5 Å². The van der Waals surface area contributed by atoms with E-state index in [1.165, 1.54) is 11.3 Å². The number of nitrogens with one attached hydrogen (secondary N) is 1. The Labute approximate surface area is 157 Å². The normalized spacial score (nSPS) is 14.4. The lowest BCUT2D eigenvalue weighted by Gasteiger charge is -2.18. The topological polar surface area (TPSA) is 97.2 Å². The number of nitrogens with zero attached hydrogens (tertiary/aromatic N) is 3. The summed E-state index contributed by atoms with van der Waals surface area (Å²) in [4.78, 5) is 49.8. The lowest BCUT2D eigenvalue weighted by Crippen LogP contribution is -2.41. The Morgan fingerprint density at radius 2 is 2.15 bits per heavy atom. The van der Waals surface area contributed by atoms with E-state index in [9.17, 15) is 14.4 Å². The summed E-state index contributed by atoms with van der Waals surface area (Å²) in [7, 11) is 0. The van der Waals surface area contributed by atoms with Crippen LogP contribution in [0, 0.1) is 0 Å². The van der Waals surface area contributed by atoms with Crippen LogP contribution in [0.4, 0.5) is 0 Å². The highest BCUT2D eigenvalue weighted by molar-refractivity contribution is 7.09. The number of fused-ring (bicyclic) bond motifs is 1. The molecule has 0 fully saturated rings. The number of hydrogen-bond donors (Lipinski definition) is 1. The highest BCUT2D eigenvalue weighted by atomic mass is 32.1. The molecule has 1 aromatic carbocycles. The number of Topliss-reactive ketones (excluding diaryl/α,β-unsaturated/α-hetero) is 1. The van der Waals surface area contributed by atoms with Crippen LogP contribution in [0.15, 0.2) is 62.2 Å². The quantitative estimate of drug-likeness (QED) is 0.709. The van der Waals surface area contributed by atoms with Gasteiger partial charge in [0.1, 0.15) is 6.04 Å². The summed E-state index contributed by atoms with van der Waals surface area (Å²) < 4.78 is 1.02. The Bertz CT molecular complexity index is 1170. The second kappa shape index (κ2) is 7.24. The molecule has 1 aliphatic heterocycles. The number of carbonyl (C=O) groups is 1. The van der Waals surface area contributed by atoms with Crippen LogP contribution >= 0.6 is 11.3 Å². The number of hydrogen-bond acceptors (Lipinski definition) is 6. The molecular formula is C19H16N4O3S. The Balaban J connectivity index is 1.81. The third-order valence-corrected chi connectivity index (χ3v) is 5.23. The molecule has 0 aliphatic carbocycles. The first-order chi connectivity index (χ1) is 13.1. The zero-order valence-corrected chi connectivity index (χ0v) is 15.1. The number of carbonyl (C=O) groups excluding carboxylic acids is 1. The summed E-state index contributed by atoms with van der Waals surface area (Å²) in [5.41, 5.74) is 0.0769. The molecule has 27 heavy (non-hydrogen) atoms. The summed E-state index contributed by atoms with van der Waals surface area (Å²) >= 11 is 1.37. The second-order valence-corrected chi connectivity index (χ2v) is 7.16. The van der Waals surface area contributed by atoms with Crippen LogP contribution in [-0.4, -0.2) is 26.5 Å². The lowest BCUT2D eigenvalue weighted by molar-refractivity contribution is -0.121. The maximum atomic E-state index is 13.0.